The predicted octanol–water partition coefficient (Wildman–Crippen LogP) is 2.15. The lowest BCUT2D eigenvalue weighted by atomic mass is 9.82. The van der Waals surface area contributed by atoms with Crippen molar-refractivity contribution in [3.63, 3.8) is 0 Å². The van der Waals surface area contributed by atoms with E-state index in [9.17, 15) is 24.5 Å². The van der Waals surface area contributed by atoms with Crippen molar-refractivity contribution in [1.29, 1.82) is 0 Å². The molecule has 0 unspecified atom stereocenters. The minimum atomic E-state index is -1.69. The second kappa shape index (κ2) is 6.88. The van der Waals surface area contributed by atoms with Crippen LogP contribution in [0.5, 0.6) is 0 Å². The first-order chi connectivity index (χ1) is 15.4. The van der Waals surface area contributed by atoms with Gasteiger partial charge in [-0.2, -0.15) is 0 Å². The van der Waals surface area contributed by atoms with Crippen LogP contribution in [0.1, 0.15) is 26.3 Å². The second-order valence-electron chi connectivity index (χ2n) is 7.80. The number of carbonyl (C=O) groups excluding carboxylic acids is 3. The van der Waals surface area contributed by atoms with E-state index in [1.54, 1.807) is 72.5 Å². The summed E-state index contributed by atoms with van der Waals surface area (Å²) in [6.07, 6.45) is 3.25. The molecule has 3 aromatic rings. The summed E-state index contributed by atoms with van der Waals surface area (Å²) in [4.78, 5) is 54.1. The number of imide groups is 1. The molecule has 3 amide bonds. The Kier molecular flexibility index (Phi) is 4.23. The molecule has 0 saturated carbocycles. The smallest absolute Gasteiger partial charge is 0.262 e. The number of likely N-dealkylation sites (N-methyl/N-ethyl adjacent to an activating group) is 1. The quantitative estimate of drug-likeness (QED) is 0.350. The molecule has 2 atom stereocenters. The van der Waals surface area contributed by atoms with Crippen molar-refractivity contribution in [3.05, 3.63) is 99.9 Å². The van der Waals surface area contributed by atoms with Crippen molar-refractivity contribution in [2.75, 3.05) is 18.5 Å². The topological polar surface area (TPSA) is 106 Å². The highest BCUT2D eigenvalue weighted by molar-refractivity contribution is 6.22. The SMILES string of the molecule is CN1C(=O)[C@]([C@@H](C[N+](=O)[O-])N2C(=O)c3ccccc3C2=O)(n2cccc2)c2ccccc21. The highest BCUT2D eigenvalue weighted by atomic mass is 16.6. The Labute approximate surface area is 182 Å². The lowest BCUT2D eigenvalue weighted by molar-refractivity contribution is -0.487. The zero-order valence-corrected chi connectivity index (χ0v) is 17.0. The average molecular weight is 430 g/mol. The summed E-state index contributed by atoms with van der Waals surface area (Å²) < 4.78 is 1.56. The number of nitro groups is 1. The fourth-order valence-electron chi connectivity index (χ4n) is 4.91. The number of carbonyl (C=O) groups is 3. The molecule has 0 fully saturated rings. The van der Waals surface area contributed by atoms with Crippen molar-refractivity contribution in [1.82, 2.24) is 9.47 Å². The Bertz CT molecular complexity index is 1250. The van der Waals surface area contributed by atoms with E-state index in [-0.39, 0.29) is 11.1 Å². The summed E-state index contributed by atoms with van der Waals surface area (Å²) in [6, 6.07) is 15.2. The van der Waals surface area contributed by atoms with Crippen molar-refractivity contribution in [2.45, 2.75) is 11.6 Å². The van der Waals surface area contributed by atoms with Gasteiger partial charge in [0.25, 0.3) is 17.7 Å². The normalized spacial score (nSPS) is 20.5. The van der Waals surface area contributed by atoms with Crippen LogP contribution in [0.4, 0.5) is 5.69 Å². The number of nitrogens with zero attached hydrogens (tertiary/aromatic N) is 4. The van der Waals surface area contributed by atoms with Gasteiger partial charge in [0.1, 0.15) is 6.04 Å². The second-order valence-corrected chi connectivity index (χ2v) is 7.80. The number of amides is 3. The largest absolute Gasteiger partial charge is 0.334 e. The van der Waals surface area contributed by atoms with Crippen LogP contribution in [0.2, 0.25) is 0 Å². The molecule has 2 aromatic carbocycles. The van der Waals surface area contributed by atoms with Crippen LogP contribution in [-0.4, -0.2) is 51.7 Å². The van der Waals surface area contributed by atoms with Gasteiger partial charge in [-0.1, -0.05) is 30.3 Å². The first-order valence-electron chi connectivity index (χ1n) is 9.99. The molecule has 2 aliphatic rings. The van der Waals surface area contributed by atoms with Crippen molar-refractivity contribution < 1.29 is 19.3 Å². The molecule has 5 rings (SSSR count). The van der Waals surface area contributed by atoms with Crippen molar-refractivity contribution in [3.8, 4) is 0 Å². The van der Waals surface area contributed by atoms with Crippen LogP contribution in [0.3, 0.4) is 0 Å². The van der Waals surface area contributed by atoms with Gasteiger partial charge in [-0.3, -0.25) is 29.4 Å². The van der Waals surface area contributed by atoms with E-state index < -0.39 is 40.8 Å². The summed E-state index contributed by atoms with van der Waals surface area (Å²) in [7, 11) is 1.58. The molecule has 32 heavy (non-hydrogen) atoms. The standard InChI is InChI=1S/C23H18N4O5/c1-24-18-11-5-4-10-17(18)23(22(24)30,25-12-6-7-13-25)19(14-26(31)32)27-20(28)15-8-2-3-9-16(15)21(27)29/h2-13,19H,14H2,1H3/t19-,23+/m1/s1. The Morgan fingerprint density at radius 3 is 2.06 bits per heavy atom. The molecule has 2 aliphatic heterocycles. The van der Waals surface area contributed by atoms with E-state index in [1.165, 1.54) is 17.0 Å². The van der Waals surface area contributed by atoms with Crippen LogP contribution in [0, 0.1) is 10.1 Å². The van der Waals surface area contributed by atoms with Gasteiger partial charge in [0, 0.05) is 35.6 Å². The third-order valence-electron chi connectivity index (χ3n) is 6.26. The number of rotatable bonds is 5. The summed E-state index contributed by atoms with van der Waals surface area (Å²) in [5.74, 6) is -1.76. The lowest BCUT2D eigenvalue weighted by Crippen LogP contribution is -2.62. The molecular weight excluding hydrogens is 412 g/mol. The first kappa shape index (κ1) is 19.7. The van der Waals surface area contributed by atoms with Crippen LogP contribution in [-0.2, 0) is 10.3 Å². The Morgan fingerprint density at radius 2 is 1.47 bits per heavy atom. The van der Waals surface area contributed by atoms with E-state index in [2.05, 4.69) is 0 Å². The average Bonchev–Trinajstić information content (AvgIpc) is 3.46. The van der Waals surface area contributed by atoms with Gasteiger partial charge in [-0.05, 0) is 30.3 Å². The Morgan fingerprint density at radius 1 is 0.906 bits per heavy atom. The number of fused-ring (bicyclic) bond motifs is 2. The number of hydrogen-bond donors (Lipinski definition) is 0. The maximum Gasteiger partial charge on any atom is 0.262 e. The van der Waals surface area contributed by atoms with Gasteiger partial charge in [0.05, 0.1) is 11.1 Å². The monoisotopic (exact) mass is 430 g/mol. The van der Waals surface area contributed by atoms with Crippen molar-refractivity contribution in [2.24, 2.45) is 0 Å². The number of hydrogen-bond acceptors (Lipinski definition) is 5. The maximum atomic E-state index is 13.9. The number of benzene rings is 2. The van der Waals surface area contributed by atoms with E-state index in [4.69, 9.17) is 0 Å². The van der Waals surface area contributed by atoms with Gasteiger partial charge in [-0.15, -0.1) is 0 Å². The molecule has 3 heterocycles. The van der Waals surface area contributed by atoms with Gasteiger partial charge in [0.15, 0.2) is 5.54 Å². The number of para-hydroxylation sites is 1. The van der Waals surface area contributed by atoms with E-state index in [0.29, 0.717) is 11.3 Å². The zero-order valence-electron chi connectivity index (χ0n) is 17.0. The number of anilines is 1. The van der Waals surface area contributed by atoms with Gasteiger partial charge < -0.3 is 9.47 Å². The molecule has 0 N–H and O–H groups in total. The van der Waals surface area contributed by atoms with Crippen LogP contribution < -0.4 is 4.90 Å². The summed E-state index contributed by atoms with van der Waals surface area (Å²) in [5.41, 5.74) is -0.292. The van der Waals surface area contributed by atoms with Crippen LogP contribution in [0.25, 0.3) is 0 Å². The first-order valence-corrected chi connectivity index (χ1v) is 9.99. The van der Waals surface area contributed by atoms with Gasteiger partial charge >= 0.3 is 0 Å². The predicted molar refractivity (Wildman–Crippen MR) is 114 cm³/mol. The fraction of sp³-hybridized carbons (Fsp3) is 0.174. The molecule has 9 nitrogen and oxygen atoms in total. The molecule has 160 valence electrons. The van der Waals surface area contributed by atoms with Gasteiger partial charge in [-0.25, -0.2) is 0 Å². The van der Waals surface area contributed by atoms with Crippen LogP contribution in [0.15, 0.2) is 73.1 Å². The fourth-order valence-corrected chi connectivity index (χ4v) is 4.91. The van der Waals surface area contributed by atoms with Crippen LogP contribution >= 0.6 is 0 Å². The molecule has 0 spiro atoms. The van der Waals surface area contributed by atoms with E-state index >= 15 is 0 Å². The van der Waals surface area contributed by atoms with E-state index in [0.717, 1.165) is 4.90 Å². The minimum Gasteiger partial charge on any atom is -0.334 e. The summed E-state index contributed by atoms with van der Waals surface area (Å²) in [6.45, 7) is -0.794. The van der Waals surface area contributed by atoms with E-state index in [1.807, 2.05) is 0 Å². The third kappa shape index (κ3) is 2.41. The molecule has 0 saturated heterocycles. The van der Waals surface area contributed by atoms with Gasteiger partial charge in [0.2, 0.25) is 6.54 Å². The third-order valence-corrected chi connectivity index (χ3v) is 6.26. The maximum absolute atomic E-state index is 13.9. The highest BCUT2D eigenvalue weighted by Crippen LogP contribution is 2.47. The molecule has 0 radical (unpaired) electrons. The lowest BCUT2D eigenvalue weighted by Gasteiger charge is -2.39. The minimum absolute atomic E-state index is 0.167. The molecule has 0 bridgehead atoms. The Balaban J connectivity index is 1.80. The molecule has 9 heteroatoms. The molecular formula is C23H18N4O5. The zero-order chi connectivity index (χ0) is 22.6. The summed E-state index contributed by atoms with van der Waals surface area (Å²) in [5, 5.41) is 11.8. The summed E-state index contributed by atoms with van der Waals surface area (Å²) >= 11 is 0. The number of aromatic nitrogens is 1. The van der Waals surface area contributed by atoms with Crippen molar-refractivity contribution >= 4 is 23.4 Å². The Hall–Kier alpha value is -4.27. The molecule has 0 aliphatic carbocycles. The highest BCUT2D eigenvalue weighted by Gasteiger charge is 2.62. The molecule has 1 aromatic heterocycles.